The number of halogens is 1. The van der Waals surface area contributed by atoms with Gasteiger partial charge in [0.25, 0.3) is 0 Å². The third kappa shape index (κ3) is 3.13. The average molecular weight is 226 g/mol. The molecule has 84 valence electrons. The molecule has 0 saturated heterocycles. The molecule has 0 spiro atoms. The normalized spacial score (nSPS) is 12.5. The van der Waals surface area contributed by atoms with E-state index in [1.807, 2.05) is 0 Å². The minimum atomic E-state index is 0.593. The second kappa shape index (κ2) is 6.02. The molecule has 0 fully saturated rings. The van der Waals surface area contributed by atoms with Gasteiger partial charge in [-0.05, 0) is 38.0 Å². The molecular formula is C13H20ClN. The van der Waals surface area contributed by atoms with Crippen molar-refractivity contribution in [2.75, 3.05) is 11.4 Å². The second-order valence-electron chi connectivity index (χ2n) is 3.84. The van der Waals surface area contributed by atoms with E-state index < -0.39 is 0 Å². The van der Waals surface area contributed by atoms with E-state index in [1.165, 1.54) is 17.7 Å². The van der Waals surface area contributed by atoms with Gasteiger partial charge in [-0.3, -0.25) is 0 Å². The third-order valence-electron chi connectivity index (χ3n) is 2.89. The fraction of sp³-hybridized carbons (Fsp3) is 0.538. The summed E-state index contributed by atoms with van der Waals surface area (Å²) in [5, 5.41) is 0. The van der Waals surface area contributed by atoms with E-state index >= 15 is 0 Å². The minimum Gasteiger partial charge on any atom is -0.369 e. The Kier molecular flexibility index (Phi) is 4.97. The van der Waals surface area contributed by atoms with Crippen molar-refractivity contribution in [2.45, 2.75) is 39.1 Å². The molecule has 1 unspecified atom stereocenters. The number of nitrogens with zero attached hydrogens (tertiary/aromatic N) is 1. The molecule has 15 heavy (non-hydrogen) atoms. The molecule has 0 aliphatic heterocycles. The highest BCUT2D eigenvalue weighted by Gasteiger charge is 2.10. The molecule has 0 radical (unpaired) electrons. The van der Waals surface area contributed by atoms with Gasteiger partial charge in [0.2, 0.25) is 0 Å². The second-order valence-corrected chi connectivity index (χ2v) is 4.11. The van der Waals surface area contributed by atoms with Crippen LogP contribution in [0, 0.1) is 0 Å². The number of rotatable bonds is 5. The summed E-state index contributed by atoms with van der Waals surface area (Å²) in [6.07, 6.45) is 1.17. The summed E-state index contributed by atoms with van der Waals surface area (Å²) in [5.41, 5.74) is 2.47. The molecule has 0 aromatic heterocycles. The standard InChI is InChI=1S/C13H20ClN/c1-4-11(3)15(5-2)13-8-6-12(10-14)7-9-13/h6-9,11H,4-5,10H2,1-3H3. The third-order valence-corrected chi connectivity index (χ3v) is 3.19. The van der Waals surface area contributed by atoms with Crippen LogP contribution in [-0.2, 0) is 5.88 Å². The van der Waals surface area contributed by atoms with Crippen LogP contribution in [0.2, 0.25) is 0 Å². The number of alkyl halides is 1. The van der Waals surface area contributed by atoms with Gasteiger partial charge >= 0.3 is 0 Å². The Morgan fingerprint density at radius 3 is 2.20 bits per heavy atom. The molecule has 1 aromatic rings. The van der Waals surface area contributed by atoms with Crippen molar-refractivity contribution in [3.05, 3.63) is 29.8 Å². The number of benzene rings is 1. The van der Waals surface area contributed by atoms with E-state index in [9.17, 15) is 0 Å². The van der Waals surface area contributed by atoms with Gasteiger partial charge in [0.1, 0.15) is 0 Å². The summed E-state index contributed by atoms with van der Waals surface area (Å²) in [4.78, 5) is 2.41. The monoisotopic (exact) mass is 225 g/mol. The largest absolute Gasteiger partial charge is 0.369 e. The summed E-state index contributed by atoms with van der Waals surface area (Å²) in [5.74, 6) is 0.593. The van der Waals surface area contributed by atoms with Gasteiger partial charge in [-0.1, -0.05) is 19.1 Å². The van der Waals surface area contributed by atoms with Gasteiger partial charge in [0.05, 0.1) is 0 Å². The molecule has 1 atom stereocenters. The van der Waals surface area contributed by atoms with Gasteiger partial charge in [-0.25, -0.2) is 0 Å². The molecular weight excluding hydrogens is 206 g/mol. The first-order valence-electron chi connectivity index (χ1n) is 5.64. The molecule has 0 saturated carbocycles. The van der Waals surface area contributed by atoms with Crippen molar-refractivity contribution in [1.82, 2.24) is 0 Å². The molecule has 2 heteroatoms. The first-order valence-corrected chi connectivity index (χ1v) is 6.17. The van der Waals surface area contributed by atoms with Crippen molar-refractivity contribution < 1.29 is 0 Å². The lowest BCUT2D eigenvalue weighted by Gasteiger charge is -2.29. The van der Waals surface area contributed by atoms with Crippen molar-refractivity contribution in [3.8, 4) is 0 Å². The van der Waals surface area contributed by atoms with Crippen LogP contribution >= 0.6 is 11.6 Å². The predicted molar refractivity (Wildman–Crippen MR) is 68.8 cm³/mol. The average Bonchev–Trinajstić information content (AvgIpc) is 2.30. The van der Waals surface area contributed by atoms with Crippen molar-refractivity contribution in [1.29, 1.82) is 0 Å². The van der Waals surface area contributed by atoms with Crippen LogP contribution in [-0.4, -0.2) is 12.6 Å². The smallest absolute Gasteiger partial charge is 0.0474 e. The lowest BCUT2D eigenvalue weighted by atomic mass is 10.1. The molecule has 0 bridgehead atoms. The van der Waals surface area contributed by atoms with Gasteiger partial charge in [0.15, 0.2) is 0 Å². The van der Waals surface area contributed by atoms with Crippen molar-refractivity contribution in [3.63, 3.8) is 0 Å². The highest BCUT2D eigenvalue weighted by atomic mass is 35.5. The van der Waals surface area contributed by atoms with Crippen LogP contribution in [0.3, 0.4) is 0 Å². The van der Waals surface area contributed by atoms with E-state index in [0.717, 1.165) is 6.54 Å². The Morgan fingerprint density at radius 2 is 1.80 bits per heavy atom. The maximum Gasteiger partial charge on any atom is 0.0474 e. The van der Waals surface area contributed by atoms with E-state index in [4.69, 9.17) is 11.6 Å². The lowest BCUT2D eigenvalue weighted by Crippen LogP contribution is -2.32. The first-order chi connectivity index (χ1) is 7.22. The lowest BCUT2D eigenvalue weighted by molar-refractivity contribution is 0.630. The van der Waals surface area contributed by atoms with E-state index in [2.05, 4.69) is 49.9 Å². The van der Waals surface area contributed by atoms with Crippen molar-refractivity contribution in [2.24, 2.45) is 0 Å². The molecule has 0 N–H and O–H groups in total. The summed E-state index contributed by atoms with van der Waals surface area (Å²) in [6, 6.07) is 9.12. The summed E-state index contributed by atoms with van der Waals surface area (Å²) in [6.45, 7) is 7.73. The zero-order chi connectivity index (χ0) is 11.3. The Hall–Kier alpha value is -0.690. The van der Waals surface area contributed by atoms with Gasteiger partial charge in [-0.2, -0.15) is 0 Å². The SMILES string of the molecule is CCC(C)N(CC)c1ccc(CCl)cc1. The summed E-state index contributed by atoms with van der Waals surface area (Å²) in [7, 11) is 0. The molecule has 1 rings (SSSR count). The molecule has 1 nitrogen and oxygen atoms in total. The van der Waals surface area contributed by atoms with E-state index in [1.54, 1.807) is 0 Å². The summed E-state index contributed by atoms with van der Waals surface area (Å²) < 4.78 is 0. The maximum atomic E-state index is 5.77. The van der Waals surface area contributed by atoms with Crippen molar-refractivity contribution >= 4 is 17.3 Å². The molecule has 0 amide bonds. The van der Waals surface area contributed by atoms with E-state index in [0.29, 0.717) is 11.9 Å². The summed E-state index contributed by atoms with van der Waals surface area (Å²) >= 11 is 5.77. The maximum absolute atomic E-state index is 5.77. The fourth-order valence-corrected chi connectivity index (χ4v) is 1.92. The zero-order valence-electron chi connectivity index (χ0n) is 9.83. The zero-order valence-corrected chi connectivity index (χ0v) is 10.6. The van der Waals surface area contributed by atoms with Gasteiger partial charge < -0.3 is 4.90 Å². The Balaban J connectivity index is 2.83. The van der Waals surface area contributed by atoms with Crippen LogP contribution in [0.15, 0.2) is 24.3 Å². The molecule has 1 aromatic carbocycles. The number of hydrogen-bond acceptors (Lipinski definition) is 1. The van der Waals surface area contributed by atoms with Crippen LogP contribution in [0.5, 0.6) is 0 Å². The topological polar surface area (TPSA) is 3.24 Å². The van der Waals surface area contributed by atoms with Gasteiger partial charge in [0, 0.05) is 24.2 Å². The number of hydrogen-bond donors (Lipinski definition) is 0. The van der Waals surface area contributed by atoms with E-state index in [-0.39, 0.29) is 0 Å². The fourth-order valence-electron chi connectivity index (χ4n) is 1.75. The number of anilines is 1. The Labute approximate surface area is 98.0 Å². The first kappa shape index (κ1) is 12.4. The van der Waals surface area contributed by atoms with Crippen LogP contribution < -0.4 is 4.90 Å². The Morgan fingerprint density at radius 1 is 1.20 bits per heavy atom. The predicted octanol–water partition coefficient (Wildman–Crippen LogP) is 4.05. The molecule has 0 aliphatic rings. The molecule has 0 heterocycles. The van der Waals surface area contributed by atoms with Crippen LogP contribution in [0.25, 0.3) is 0 Å². The molecule has 0 aliphatic carbocycles. The van der Waals surface area contributed by atoms with Crippen LogP contribution in [0.4, 0.5) is 5.69 Å². The highest BCUT2D eigenvalue weighted by Crippen LogP contribution is 2.19. The minimum absolute atomic E-state index is 0.593. The van der Waals surface area contributed by atoms with Crippen LogP contribution in [0.1, 0.15) is 32.8 Å². The Bertz CT molecular complexity index is 281. The quantitative estimate of drug-likeness (QED) is 0.684. The highest BCUT2D eigenvalue weighted by molar-refractivity contribution is 6.17. The van der Waals surface area contributed by atoms with Gasteiger partial charge in [-0.15, -0.1) is 11.6 Å².